The lowest BCUT2D eigenvalue weighted by atomic mass is 9.98. The van der Waals surface area contributed by atoms with Crippen LogP contribution in [0.5, 0.6) is 5.75 Å². The van der Waals surface area contributed by atoms with Crippen molar-refractivity contribution >= 4 is 0 Å². The van der Waals surface area contributed by atoms with Crippen LogP contribution in [0.1, 0.15) is 51.0 Å². The lowest BCUT2D eigenvalue weighted by Gasteiger charge is -2.40. The monoisotopic (exact) mass is 980 g/mol. The number of nitrogens with zero attached hydrogens (tertiary/aromatic N) is 2. The fourth-order valence-corrected chi connectivity index (χ4v) is 4.52. The van der Waals surface area contributed by atoms with Gasteiger partial charge in [0.25, 0.3) is 0 Å². The molecule has 0 fully saturated rings. The van der Waals surface area contributed by atoms with Crippen LogP contribution in [-0.4, -0.2) is 89.4 Å². The minimum Gasteiger partial charge on any atom is -0.487 e. The van der Waals surface area contributed by atoms with Gasteiger partial charge in [-0.15, -0.1) is 13.2 Å². The van der Waals surface area contributed by atoms with Crippen LogP contribution in [0.15, 0.2) is 36.7 Å². The van der Waals surface area contributed by atoms with Crippen molar-refractivity contribution in [1.82, 2.24) is 9.97 Å². The van der Waals surface area contributed by atoms with Crippen LogP contribution in [0, 0.1) is 0 Å². The summed E-state index contributed by atoms with van der Waals surface area (Å²) in [4.78, 5) is 7.77. The Kier molecular flexibility index (Phi) is 16.3. The average Bonchev–Trinajstić information content (AvgIpc) is 3.10. The van der Waals surface area contributed by atoms with E-state index in [0.29, 0.717) is 12.8 Å². The topological polar surface area (TPSA) is 71.9 Å². The van der Waals surface area contributed by atoms with Gasteiger partial charge in [-0.2, -0.15) is 96.6 Å². The van der Waals surface area contributed by atoms with Gasteiger partial charge in [0.1, 0.15) is 5.75 Å². The van der Waals surface area contributed by atoms with Gasteiger partial charge in [0.2, 0.25) is 0 Å². The molecule has 0 atom stereocenters. The maximum atomic E-state index is 14.7. The smallest absolute Gasteiger partial charge is 0.487 e. The number of aryl methyl sites for hydroxylation is 1. The third kappa shape index (κ3) is 12.3. The lowest BCUT2D eigenvalue weighted by molar-refractivity contribution is -0.585. The normalized spacial score (nSPS) is 15.0. The maximum Gasteiger partial charge on any atom is 0.527 e. The summed E-state index contributed by atoms with van der Waals surface area (Å²) in [5, 5.41) is 0. The minimum atomic E-state index is -8.64. The van der Waals surface area contributed by atoms with Crippen molar-refractivity contribution in [2.24, 2.45) is 0 Å². The van der Waals surface area contributed by atoms with E-state index < -0.39 is 85.2 Å². The van der Waals surface area contributed by atoms with Crippen LogP contribution in [0.25, 0.3) is 11.4 Å². The van der Waals surface area contributed by atoms with Gasteiger partial charge in [0.15, 0.2) is 12.4 Å². The van der Waals surface area contributed by atoms with E-state index in [0.717, 1.165) is 37.5 Å². The molecule has 1 heterocycles. The number of aromatic nitrogens is 2. The van der Waals surface area contributed by atoms with E-state index in [1.54, 1.807) is 0 Å². The van der Waals surface area contributed by atoms with Gasteiger partial charge in [0, 0.05) is 18.0 Å². The standard InChI is InChI=1S/C31H25F25N2O5/c1-2-3-4-5-6-7-9-16-14-17(19-57-12-8-13-58-19)10-11-18(16)59-15-20(32,33)21(34,35)22(36,37)23(38,39)24(40,41)60-25(42,43)26(44,45)61-27(46,47)28(48,49)62-29(50,51)30(52,53)63-31(54,55)56/h8,10-14H,2-7,9,15H2,1H3. The zero-order chi connectivity index (χ0) is 49.2. The van der Waals surface area contributed by atoms with Gasteiger partial charge < -0.3 is 4.74 Å². The molecule has 0 radical (unpaired) electrons. The van der Waals surface area contributed by atoms with E-state index in [1.165, 1.54) is 37.4 Å². The molecular weight excluding hydrogens is 955 g/mol. The highest BCUT2D eigenvalue weighted by Gasteiger charge is 2.89. The van der Waals surface area contributed by atoms with E-state index >= 15 is 0 Å². The molecule has 0 amide bonds. The highest BCUT2D eigenvalue weighted by Crippen LogP contribution is 2.59. The molecule has 0 unspecified atom stereocenters. The van der Waals surface area contributed by atoms with Gasteiger partial charge in [-0.25, -0.2) is 28.9 Å². The first-order valence-electron chi connectivity index (χ1n) is 16.6. The summed E-state index contributed by atoms with van der Waals surface area (Å²) in [7, 11) is 0. The largest absolute Gasteiger partial charge is 0.527 e. The average molecular weight is 981 g/mol. The number of benzene rings is 1. The van der Waals surface area contributed by atoms with Crippen molar-refractivity contribution in [3.63, 3.8) is 0 Å². The highest BCUT2D eigenvalue weighted by atomic mass is 19.4. The molecule has 1 aromatic heterocycles. The van der Waals surface area contributed by atoms with Crippen LogP contribution in [0.2, 0.25) is 0 Å². The summed E-state index contributed by atoms with van der Waals surface area (Å²) in [5.41, 5.74) is -0.0666. The quantitative estimate of drug-likeness (QED) is 0.0725. The fourth-order valence-electron chi connectivity index (χ4n) is 4.52. The molecule has 0 spiro atoms. The van der Waals surface area contributed by atoms with E-state index in [9.17, 15) is 110 Å². The number of halogens is 25. The fraction of sp³-hybridized carbons (Fsp3) is 0.677. The summed E-state index contributed by atoms with van der Waals surface area (Å²) in [6.07, 6.45) is -57.7. The van der Waals surface area contributed by atoms with Crippen LogP contribution < -0.4 is 4.74 Å². The molecule has 0 aliphatic carbocycles. The maximum absolute atomic E-state index is 14.7. The number of hydrogen-bond donors (Lipinski definition) is 0. The Morgan fingerprint density at radius 1 is 0.460 bits per heavy atom. The zero-order valence-corrected chi connectivity index (χ0v) is 30.5. The molecular formula is C31H25F25N2O5. The van der Waals surface area contributed by atoms with Gasteiger partial charge in [-0.05, 0) is 42.7 Å². The third-order valence-corrected chi connectivity index (χ3v) is 7.74. The Bertz CT molecular complexity index is 1790. The summed E-state index contributed by atoms with van der Waals surface area (Å²) < 4.78 is 351. The number of hydrogen-bond acceptors (Lipinski definition) is 7. The van der Waals surface area contributed by atoms with Crippen molar-refractivity contribution in [3.8, 4) is 17.1 Å². The van der Waals surface area contributed by atoms with Crippen LogP contribution >= 0.6 is 0 Å². The number of rotatable bonds is 25. The molecule has 0 aliphatic heterocycles. The molecule has 7 nitrogen and oxygen atoms in total. The first kappa shape index (κ1) is 55.3. The van der Waals surface area contributed by atoms with E-state index in [-0.39, 0.29) is 29.8 Å². The van der Waals surface area contributed by atoms with E-state index in [4.69, 9.17) is 0 Å². The highest BCUT2D eigenvalue weighted by molar-refractivity contribution is 5.58. The molecule has 32 heteroatoms. The Balaban J connectivity index is 2.39. The Hall–Kier alpha value is -3.81. The number of unbranched alkanes of at least 4 members (excludes halogenated alkanes) is 5. The van der Waals surface area contributed by atoms with Gasteiger partial charge >= 0.3 is 72.8 Å². The first-order chi connectivity index (χ1) is 28.1. The van der Waals surface area contributed by atoms with Crippen molar-refractivity contribution < 1.29 is 133 Å². The van der Waals surface area contributed by atoms with Crippen molar-refractivity contribution in [3.05, 3.63) is 42.2 Å². The predicted octanol–water partition coefficient (Wildman–Crippen LogP) is 12.7. The van der Waals surface area contributed by atoms with Crippen LogP contribution in [0.4, 0.5) is 110 Å². The van der Waals surface area contributed by atoms with Gasteiger partial charge in [0.05, 0.1) is 0 Å². The summed E-state index contributed by atoms with van der Waals surface area (Å²) in [5.74, 6) is -32.8. The van der Waals surface area contributed by atoms with E-state index in [2.05, 4.69) is 14.7 Å². The molecule has 0 N–H and O–H groups in total. The third-order valence-electron chi connectivity index (χ3n) is 7.74. The molecule has 1 aromatic carbocycles. The molecule has 63 heavy (non-hydrogen) atoms. The Morgan fingerprint density at radius 2 is 0.873 bits per heavy atom. The second-order valence-corrected chi connectivity index (χ2v) is 12.6. The molecule has 2 rings (SSSR count). The van der Waals surface area contributed by atoms with Gasteiger partial charge in [-0.1, -0.05) is 39.0 Å². The molecule has 0 bridgehead atoms. The first-order valence-corrected chi connectivity index (χ1v) is 16.6. The SMILES string of the molecule is CCCCCCCCc1cc(-c2ncccn2)ccc1OCC(F)(F)C(F)(F)C(F)(F)C(F)(F)C(F)(F)OC(F)(F)C(F)(F)OC(F)(F)C(F)(F)OC(F)(F)C(F)(F)OC(F)(F)F. The molecule has 0 aliphatic rings. The van der Waals surface area contributed by atoms with Crippen molar-refractivity contribution in [2.75, 3.05) is 6.61 Å². The summed E-state index contributed by atoms with van der Waals surface area (Å²) in [6, 6.07) is 4.20. The van der Waals surface area contributed by atoms with Crippen LogP contribution in [-0.2, 0) is 25.4 Å². The second-order valence-electron chi connectivity index (χ2n) is 12.6. The van der Waals surface area contributed by atoms with Crippen molar-refractivity contribution in [1.29, 1.82) is 0 Å². The molecule has 364 valence electrons. The van der Waals surface area contributed by atoms with Crippen LogP contribution in [0.3, 0.4) is 0 Å². The molecule has 0 saturated carbocycles. The molecule has 2 aromatic rings. The minimum absolute atomic E-state index is 0.0310. The van der Waals surface area contributed by atoms with Gasteiger partial charge in [-0.3, -0.25) is 0 Å². The van der Waals surface area contributed by atoms with E-state index in [1.807, 2.05) is 6.92 Å². The zero-order valence-electron chi connectivity index (χ0n) is 30.5. The second kappa shape index (κ2) is 18.6. The van der Waals surface area contributed by atoms with Crippen molar-refractivity contribution in [2.45, 2.75) is 125 Å². The lowest BCUT2D eigenvalue weighted by Crippen LogP contribution is -2.70. The Labute approximate surface area is 334 Å². The summed E-state index contributed by atoms with van der Waals surface area (Å²) in [6.45, 7) is -1.28. The summed E-state index contributed by atoms with van der Waals surface area (Å²) >= 11 is 0. The Morgan fingerprint density at radius 3 is 1.32 bits per heavy atom. The predicted molar refractivity (Wildman–Crippen MR) is 155 cm³/mol. The molecule has 0 saturated heterocycles. The number of ether oxygens (including phenoxy) is 5. The number of alkyl halides is 25.